The molecule has 0 bridgehead atoms. The Morgan fingerprint density at radius 2 is 1.55 bits per heavy atom. The highest BCUT2D eigenvalue weighted by Crippen LogP contribution is 2.31. The van der Waals surface area contributed by atoms with Gasteiger partial charge in [0.05, 0.1) is 4.83 Å². The van der Waals surface area contributed by atoms with Gasteiger partial charge in [0.25, 0.3) is 0 Å². The third-order valence-corrected chi connectivity index (χ3v) is 5.90. The van der Waals surface area contributed by atoms with Gasteiger partial charge in [0.15, 0.2) is 5.78 Å². The number of hydrogen-bond acceptors (Lipinski definition) is 2. The fourth-order valence-corrected chi connectivity index (χ4v) is 2.90. The maximum atomic E-state index is 12.3. The lowest BCUT2D eigenvalue weighted by Gasteiger charge is -2.17. The molecule has 0 saturated carbocycles. The summed E-state index contributed by atoms with van der Waals surface area (Å²) in [5.74, 6) is -0.151. The second kappa shape index (κ2) is 7.70. The Bertz CT molecular complexity index is 656. The van der Waals surface area contributed by atoms with Crippen LogP contribution in [-0.2, 0) is 4.79 Å². The number of anilines is 1. The van der Waals surface area contributed by atoms with Crippen molar-refractivity contribution in [2.24, 2.45) is 0 Å². The number of alkyl halides is 2. The lowest BCUT2D eigenvalue weighted by Crippen LogP contribution is -2.26. The zero-order valence-electron chi connectivity index (χ0n) is 11.9. The normalized spacial score (nSPS) is 13.2. The summed E-state index contributed by atoms with van der Waals surface area (Å²) >= 11 is 6.97. The van der Waals surface area contributed by atoms with Crippen LogP contribution in [-0.4, -0.2) is 16.5 Å². The van der Waals surface area contributed by atoms with Crippen molar-refractivity contribution in [3.63, 3.8) is 0 Å². The smallest absolute Gasteiger partial charge is 0.239 e. The minimum Gasteiger partial charge on any atom is -0.325 e. The van der Waals surface area contributed by atoms with E-state index in [0.717, 1.165) is 5.56 Å². The quantitative estimate of drug-likeness (QED) is 0.557. The summed E-state index contributed by atoms with van der Waals surface area (Å²) in [5, 5.41) is 2.83. The van der Waals surface area contributed by atoms with Crippen molar-refractivity contribution < 1.29 is 9.59 Å². The van der Waals surface area contributed by atoms with Gasteiger partial charge in [-0.25, -0.2) is 0 Å². The molecule has 22 heavy (non-hydrogen) atoms. The van der Waals surface area contributed by atoms with E-state index in [1.54, 1.807) is 24.3 Å². The third-order valence-electron chi connectivity index (χ3n) is 3.18. The standard InChI is InChI=1S/C17H15Br2NO2/c1-11(21)12-7-9-14(10-8-12)20-17(22)16(19)15(18)13-5-3-2-4-6-13/h2-10,15-16H,1H3,(H,20,22)/t15-,16+/m0/s1. The average molecular weight is 425 g/mol. The number of amides is 1. The van der Waals surface area contributed by atoms with Crippen LogP contribution in [0.15, 0.2) is 54.6 Å². The highest BCUT2D eigenvalue weighted by atomic mass is 79.9. The number of halogens is 2. The van der Waals surface area contributed by atoms with Crippen molar-refractivity contribution >= 4 is 49.2 Å². The summed E-state index contributed by atoms with van der Waals surface area (Å²) in [6, 6.07) is 16.6. The fraction of sp³-hybridized carbons (Fsp3) is 0.176. The summed E-state index contributed by atoms with van der Waals surface area (Å²) in [4.78, 5) is 23.0. The number of nitrogens with one attached hydrogen (secondary N) is 1. The van der Waals surface area contributed by atoms with Crippen LogP contribution in [0.4, 0.5) is 5.69 Å². The Kier molecular flexibility index (Phi) is 5.91. The highest BCUT2D eigenvalue weighted by molar-refractivity contribution is 9.12. The highest BCUT2D eigenvalue weighted by Gasteiger charge is 2.24. The van der Waals surface area contributed by atoms with Gasteiger partial charge < -0.3 is 5.32 Å². The summed E-state index contributed by atoms with van der Waals surface area (Å²) in [5.41, 5.74) is 2.30. The average Bonchev–Trinajstić information content (AvgIpc) is 2.54. The van der Waals surface area contributed by atoms with E-state index in [1.807, 2.05) is 30.3 Å². The Morgan fingerprint density at radius 1 is 0.955 bits per heavy atom. The van der Waals surface area contributed by atoms with Gasteiger partial charge >= 0.3 is 0 Å². The van der Waals surface area contributed by atoms with Crippen LogP contribution >= 0.6 is 31.9 Å². The molecule has 2 atom stereocenters. The van der Waals surface area contributed by atoms with E-state index >= 15 is 0 Å². The van der Waals surface area contributed by atoms with Gasteiger partial charge in [-0.15, -0.1) is 0 Å². The molecule has 0 saturated heterocycles. The van der Waals surface area contributed by atoms with E-state index in [9.17, 15) is 9.59 Å². The first kappa shape index (κ1) is 16.9. The van der Waals surface area contributed by atoms with Crippen molar-refractivity contribution in [3.8, 4) is 0 Å². The van der Waals surface area contributed by atoms with E-state index < -0.39 is 4.83 Å². The van der Waals surface area contributed by atoms with Crippen LogP contribution in [0.25, 0.3) is 0 Å². The van der Waals surface area contributed by atoms with Crippen LogP contribution in [0.5, 0.6) is 0 Å². The maximum Gasteiger partial charge on any atom is 0.239 e. The van der Waals surface area contributed by atoms with Crippen LogP contribution in [0, 0.1) is 0 Å². The van der Waals surface area contributed by atoms with Gasteiger partial charge in [-0.1, -0.05) is 62.2 Å². The molecule has 2 aromatic carbocycles. The van der Waals surface area contributed by atoms with Gasteiger partial charge in [-0.3, -0.25) is 9.59 Å². The lowest BCUT2D eigenvalue weighted by atomic mass is 10.1. The molecule has 0 spiro atoms. The Hall–Kier alpha value is -1.46. The number of carbonyl (C=O) groups excluding carboxylic acids is 2. The molecule has 0 unspecified atom stereocenters. The summed E-state index contributed by atoms with van der Waals surface area (Å²) in [6.07, 6.45) is 0. The number of ketones is 1. The summed E-state index contributed by atoms with van der Waals surface area (Å²) in [6.45, 7) is 1.51. The SMILES string of the molecule is CC(=O)c1ccc(NC(=O)[C@H](Br)[C@@H](Br)c2ccccc2)cc1. The molecule has 2 aromatic rings. The number of rotatable bonds is 5. The fourth-order valence-electron chi connectivity index (χ4n) is 1.94. The van der Waals surface area contributed by atoms with Crippen molar-refractivity contribution in [1.82, 2.24) is 0 Å². The molecule has 0 aliphatic heterocycles. The first-order chi connectivity index (χ1) is 10.5. The Morgan fingerprint density at radius 3 is 2.09 bits per heavy atom. The molecule has 2 rings (SSSR count). The Balaban J connectivity index is 2.03. The molecule has 0 radical (unpaired) electrons. The van der Waals surface area contributed by atoms with Gasteiger partial charge in [-0.05, 0) is 36.8 Å². The van der Waals surface area contributed by atoms with Crippen molar-refractivity contribution in [3.05, 3.63) is 65.7 Å². The predicted octanol–water partition coefficient (Wildman–Crippen LogP) is 4.73. The lowest BCUT2D eigenvalue weighted by molar-refractivity contribution is -0.115. The first-order valence-electron chi connectivity index (χ1n) is 6.74. The third kappa shape index (κ3) is 4.27. The van der Waals surface area contributed by atoms with Crippen LogP contribution in [0.1, 0.15) is 27.7 Å². The monoisotopic (exact) mass is 423 g/mol. The zero-order chi connectivity index (χ0) is 16.1. The van der Waals surface area contributed by atoms with E-state index in [0.29, 0.717) is 11.3 Å². The number of carbonyl (C=O) groups is 2. The predicted molar refractivity (Wildman–Crippen MR) is 95.9 cm³/mol. The molecule has 1 N–H and O–H groups in total. The summed E-state index contributed by atoms with van der Waals surface area (Å²) in [7, 11) is 0. The molecule has 0 aromatic heterocycles. The van der Waals surface area contributed by atoms with Gasteiger partial charge in [0.2, 0.25) is 5.91 Å². The number of Topliss-reactive ketones (excluding diaryl/α,β-unsaturated/α-hetero) is 1. The molecular formula is C17H15Br2NO2. The van der Waals surface area contributed by atoms with E-state index in [1.165, 1.54) is 6.92 Å². The molecule has 0 aliphatic carbocycles. The molecule has 5 heteroatoms. The van der Waals surface area contributed by atoms with Crippen LogP contribution in [0.3, 0.4) is 0 Å². The second-order valence-electron chi connectivity index (χ2n) is 4.84. The summed E-state index contributed by atoms with van der Waals surface area (Å²) < 4.78 is 0. The van der Waals surface area contributed by atoms with E-state index in [-0.39, 0.29) is 16.5 Å². The van der Waals surface area contributed by atoms with E-state index in [4.69, 9.17) is 0 Å². The Labute approximate surface area is 146 Å². The van der Waals surface area contributed by atoms with E-state index in [2.05, 4.69) is 37.2 Å². The van der Waals surface area contributed by atoms with Gasteiger partial charge in [-0.2, -0.15) is 0 Å². The van der Waals surface area contributed by atoms with Crippen LogP contribution in [0.2, 0.25) is 0 Å². The van der Waals surface area contributed by atoms with Crippen molar-refractivity contribution in [2.45, 2.75) is 16.6 Å². The topological polar surface area (TPSA) is 46.2 Å². The van der Waals surface area contributed by atoms with Crippen molar-refractivity contribution in [2.75, 3.05) is 5.32 Å². The maximum absolute atomic E-state index is 12.3. The first-order valence-corrected chi connectivity index (χ1v) is 8.57. The largest absolute Gasteiger partial charge is 0.325 e. The zero-order valence-corrected chi connectivity index (χ0v) is 15.1. The molecule has 3 nitrogen and oxygen atoms in total. The molecule has 0 fully saturated rings. The number of benzene rings is 2. The second-order valence-corrected chi connectivity index (χ2v) is 6.81. The molecular weight excluding hydrogens is 410 g/mol. The minimum atomic E-state index is -0.414. The molecule has 0 heterocycles. The number of hydrogen-bond donors (Lipinski definition) is 1. The molecule has 0 aliphatic rings. The molecule has 114 valence electrons. The minimum absolute atomic E-state index is 0.000782. The van der Waals surface area contributed by atoms with Gasteiger partial charge in [0.1, 0.15) is 4.83 Å². The molecule has 1 amide bonds. The van der Waals surface area contributed by atoms with Gasteiger partial charge in [0, 0.05) is 11.3 Å². The van der Waals surface area contributed by atoms with Crippen molar-refractivity contribution in [1.29, 1.82) is 0 Å². The van der Waals surface area contributed by atoms with Crippen LogP contribution < -0.4 is 5.32 Å².